The molecule has 0 aliphatic heterocycles. The van der Waals surface area contributed by atoms with E-state index < -0.39 is 5.97 Å². The molecule has 1 aromatic heterocycles. The van der Waals surface area contributed by atoms with Gasteiger partial charge in [-0.2, -0.15) is 0 Å². The molecule has 1 heterocycles. The Morgan fingerprint density at radius 2 is 2.04 bits per heavy atom. The monoisotopic (exact) mass is 384 g/mol. The summed E-state index contributed by atoms with van der Waals surface area (Å²) in [5.74, 6) is -0.400. The van der Waals surface area contributed by atoms with E-state index in [4.69, 9.17) is 16.3 Å². The number of hydrogen-bond acceptors (Lipinski definition) is 3. The maximum Gasteiger partial charge on any atom is 0.337 e. The standard InChI is InChI=1S/C21H17ClO3S/c1-14-4-2-5-15(10-14)13-25-19-8-7-17(22)11-16(19)12-18(21(23)24)20-6-3-9-26-20/h2-12H,13H2,1H3,(H,23,24)/b18-12-. The van der Waals surface area contributed by atoms with Crippen molar-refractivity contribution in [2.75, 3.05) is 0 Å². The number of thiophene rings is 1. The first-order valence-electron chi connectivity index (χ1n) is 7.99. The summed E-state index contributed by atoms with van der Waals surface area (Å²) in [6, 6.07) is 16.9. The molecule has 3 rings (SSSR count). The number of hydrogen-bond donors (Lipinski definition) is 1. The minimum Gasteiger partial charge on any atom is -0.488 e. The molecule has 1 N–H and O–H groups in total. The Morgan fingerprint density at radius 3 is 2.73 bits per heavy atom. The molecule has 132 valence electrons. The van der Waals surface area contributed by atoms with Gasteiger partial charge in [0.1, 0.15) is 12.4 Å². The Bertz CT molecular complexity index is 946. The van der Waals surface area contributed by atoms with Crippen LogP contribution < -0.4 is 4.74 Å². The van der Waals surface area contributed by atoms with E-state index in [1.165, 1.54) is 11.3 Å². The van der Waals surface area contributed by atoms with E-state index in [0.717, 1.165) is 11.1 Å². The fourth-order valence-corrected chi connectivity index (χ4v) is 3.47. The predicted octanol–water partition coefficient (Wildman–Crippen LogP) is 5.91. The zero-order chi connectivity index (χ0) is 18.5. The van der Waals surface area contributed by atoms with Crippen LogP contribution in [0.1, 0.15) is 21.6 Å². The van der Waals surface area contributed by atoms with Crippen LogP contribution in [0.4, 0.5) is 0 Å². The summed E-state index contributed by atoms with van der Waals surface area (Å²) in [5.41, 5.74) is 3.05. The summed E-state index contributed by atoms with van der Waals surface area (Å²) in [6.45, 7) is 2.42. The third-order valence-corrected chi connectivity index (χ3v) is 4.90. The Hall–Kier alpha value is -2.56. The maximum atomic E-state index is 11.7. The molecule has 0 aliphatic carbocycles. The Kier molecular flexibility index (Phi) is 5.76. The van der Waals surface area contributed by atoms with Crippen molar-refractivity contribution >= 4 is 40.6 Å². The number of aryl methyl sites for hydroxylation is 1. The van der Waals surface area contributed by atoms with Gasteiger partial charge in [-0.15, -0.1) is 11.3 Å². The van der Waals surface area contributed by atoms with Gasteiger partial charge >= 0.3 is 5.97 Å². The lowest BCUT2D eigenvalue weighted by molar-refractivity contribution is -0.130. The van der Waals surface area contributed by atoms with Crippen molar-refractivity contribution < 1.29 is 14.6 Å². The van der Waals surface area contributed by atoms with Gasteiger partial charge < -0.3 is 9.84 Å². The molecule has 0 spiro atoms. The predicted molar refractivity (Wildman–Crippen MR) is 107 cm³/mol. The molecule has 3 nitrogen and oxygen atoms in total. The Labute approximate surface area is 161 Å². The van der Waals surface area contributed by atoms with Crippen molar-refractivity contribution in [3.63, 3.8) is 0 Å². The summed E-state index contributed by atoms with van der Waals surface area (Å²) in [5, 5.41) is 11.9. The fourth-order valence-electron chi connectivity index (χ4n) is 2.55. The van der Waals surface area contributed by atoms with Gasteiger partial charge in [0.2, 0.25) is 0 Å². The van der Waals surface area contributed by atoms with Gasteiger partial charge in [-0.05, 0) is 48.2 Å². The second kappa shape index (κ2) is 8.21. The zero-order valence-electron chi connectivity index (χ0n) is 14.1. The molecule has 0 atom stereocenters. The fraction of sp³-hybridized carbons (Fsp3) is 0.0952. The van der Waals surface area contributed by atoms with Crippen molar-refractivity contribution in [3.05, 3.63) is 86.6 Å². The average molecular weight is 385 g/mol. The van der Waals surface area contributed by atoms with E-state index in [9.17, 15) is 9.90 Å². The molecule has 0 fully saturated rings. The van der Waals surface area contributed by atoms with Gasteiger partial charge in [0.15, 0.2) is 0 Å². The van der Waals surface area contributed by atoms with Crippen molar-refractivity contribution in [2.24, 2.45) is 0 Å². The number of aliphatic carboxylic acids is 1. The molecule has 5 heteroatoms. The second-order valence-electron chi connectivity index (χ2n) is 5.80. The molecule has 26 heavy (non-hydrogen) atoms. The molecular weight excluding hydrogens is 368 g/mol. The van der Waals surface area contributed by atoms with Crippen LogP contribution in [-0.2, 0) is 11.4 Å². The number of carboxylic acid groups (broad SMARTS) is 1. The van der Waals surface area contributed by atoms with Crippen LogP contribution in [0.3, 0.4) is 0 Å². The topological polar surface area (TPSA) is 46.5 Å². The minimum atomic E-state index is -0.989. The van der Waals surface area contributed by atoms with Gasteiger partial charge in [-0.3, -0.25) is 0 Å². The largest absolute Gasteiger partial charge is 0.488 e. The molecule has 0 unspecified atom stereocenters. The molecule has 0 amide bonds. The maximum absolute atomic E-state index is 11.7. The quantitative estimate of drug-likeness (QED) is 0.537. The highest BCUT2D eigenvalue weighted by molar-refractivity contribution is 7.11. The zero-order valence-corrected chi connectivity index (χ0v) is 15.7. The molecule has 0 saturated heterocycles. The second-order valence-corrected chi connectivity index (χ2v) is 7.18. The highest BCUT2D eigenvalue weighted by Gasteiger charge is 2.13. The number of benzene rings is 2. The van der Waals surface area contributed by atoms with E-state index >= 15 is 0 Å². The number of rotatable bonds is 6. The first-order chi connectivity index (χ1) is 12.5. The summed E-state index contributed by atoms with van der Waals surface area (Å²) >= 11 is 7.49. The van der Waals surface area contributed by atoms with Gasteiger partial charge in [0.25, 0.3) is 0 Å². The molecular formula is C21H17ClO3S. The Morgan fingerprint density at radius 1 is 1.19 bits per heavy atom. The average Bonchev–Trinajstić information content (AvgIpc) is 3.13. The third-order valence-electron chi connectivity index (χ3n) is 3.77. The van der Waals surface area contributed by atoms with Crippen molar-refractivity contribution in [1.29, 1.82) is 0 Å². The molecule has 0 aliphatic rings. The number of carboxylic acids is 1. The lowest BCUT2D eigenvalue weighted by Gasteiger charge is -2.11. The number of carbonyl (C=O) groups is 1. The van der Waals surface area contributed by atoms with Gasteiger partial charge in [0.05, 0.1) is 5.57 Å². The lowest BCUT2D eigenvalue weighted by Crippen LogP contribution is -2.00. The summed E-state index contributed by atoms with van der Waals surface area (Å²) < 4.78 is 5.94. The van der Waals surface area contributed by atoms with Crippen LogP contribution >= 0.6 is 22.9 Å². The molecule has 0 radical (unpaired) electrons. The van der Waals surface area contributed by atoms with Gasteiger partial charge in [-0.1, -0.05) is 47.5 Å². The summed E-state index contributed by atoms with van der Waals surface area (Å²) in [7, 11) is 0. The van der Waals surface area contributed by atoms with Crippen LogP contribution in [0.5, 0.6) is 5.75 Å². The van der Waals surface area contributed by atoms with Gasteiger partial charge in [-0.25, -0.2) is 4.79 Å². The van der Waals surface area contributed by atoms with Gasteiger partial charge in [0, 0.05) is 15.5 Å². The molecule has 0 saturated carbocycles. The highest BCUT2D eigenvalue weighted by atomic mass is 35.5. The normalized spacial score (nSPS) is 11.4. The molecule has 0 bridgehead atoms. The van der Waals surface area contributed by atoms with E-state index in [2.05, 4.69) is 6.07 Å². The minimum absolute atomic E-state index is 0.211. The third kappa shape index (κ3) is 4.54. The van der Waals surface area contributed by atoms with Crippen LogP contribution in [-0.4, -0.2) is 11.1 Å². The van der Waals surface area contributed by atoms with Crippen LogP contribution in [0.15, 0.2) is 60.0 Å². The van der Waals surface area contributed by atoms with E-state index in [-0.39, 0.29) is 5.57 Å². The smallest absolute Gasteiger partial charge is 0.337 e. The van der Waals surface area contributed by atoms with Crippen LogP contribution in [0, 0.1) is 6.92 Å². The summed E-state index contributed by atoms with van der Waals surface area (Å²) in [4.78, 5) is 12.4. The molecule has 2 aromatic carbocycles. The summed E-state index contributed by atoms with van der Waals surface area (Å²) in [6.07, 6.45) is 1.60. The highest BCUT2D eigenvalue weighted by Crippen LogP contribution is 2.30. The Balaban J connectivity index is 1.92. The first-order valence-corrected chi connectivity index (χ1v) is 9.25. The lowest BCUT2D eigenvalue weighted by atomic mass is 10.1. The van der Waals surface area contributed by atoms with Crippen LogP contribution in [0.25, 0.3) is 11.6 Å². The van der Waals surface area contributed by atoms with E-state index in [1.54, 1.807) is 30.3 Å². The first kappa shape index (κ1) is 18.2. The van der Waals surface area contributed by atoms with Crippen molar-refractivity contribution in [1.82, 2.24) is 0 Å². The van der Waals surface area contributed by atoms with E-state index in [1.807, 2.05) is 36.6 Å². The van der Waals surface area contributed by atoms with Crippen molar-refractivity contribution in [2.45, 2.75) is 13.5 Å². The SMILES string of the molecule is Cc1cccc(COc2ccc(Cl)cc2/C=C(\C(=O)O)c2cccs2)c1. The van der Waals surface area contributed by atoms with Crippen molar-refractivity contribution in [3.8, 4) is 5.75 Å². The number of ether oxygens (including phenoxy) is 1. The number of halogens is 1. The molecule has 3 aromatic rings. The van der Waals surface area contributed by atoms with E-state index in [0.29, 0.717) is 27.8 Å². The van der Waals surface area contributed by atoms with Crippen LogP contribution in [0.2, 0.25) is 5.02 Å².